The predicted octanol–water partition coefficient (Wildman–Crippen LogP) is 5.56. The lowest BCUT2D eigenvalue weighted by atomic mass is 10.0. The Kier molecular flexibility index (Phi) is 5.38. The number of rotatable bonds is 5. The molecule has 2 aromatic carbocycles. The summed E-state index contributed by atoms with van der Waals surface area (Å²) >= 11 is 3.63. The van der Waals surface area contributed by atoms with Gasteiger partial charge in [-0.25, -0.2) is 0 Å². The topological polar surface area (TPSA) is 12.0 Å². The van der Waals surface area contributed by atoms with Crippen molar-refractivity contribution in [1.29, 1.82) is 0 Å². The molecule has 0 saturated carbocycles. The normalized spacial score (nSPS) is 14.0. The second-order valence-corrected chi connectivity index (χ2v) is 6.14. The van der Waals surface area contributed by atoms with E-state index >= 15 is 0 Å². The lowest BCUT2D eigenvalue weighted by molar-refractivity contribution is 0.455. The largest absolute Gasteiger partial charge is 0.303 e. The number of nitrogens with one attached hydrogen (secondary N) is 1. The van der Waals surface area contributed by atoms with E-state index in [1.165, 1.54) is 21.2 Å². The van der Waals surface area contributed by atoms with Gasteiger partial charge >= 0.3 is 0 Å². The summed E-state index contributed by atoms with van der Waals surface area (Å²) in [7, 11) is 0. The van der Waals surface area contributed by atoms with E-state index in [-0.39, 0.29) is 0 Å². The number of benzene rings is 2. The van der Waals surface area contributed by atoms with Crippen LogP contribution >= 0.6 is 15.9 Å². The Morgan fingerprint density at radius 3 is 2.30 bits per heavy atom. The highest BCUT2D eigenvalue weighted by Crippen LogP contribution is 2.26. The van der Waals surface area contributed by atoms with E-state index in [0.717, 1.165) is 6.42 Å². The first-order valence-electron chi connectivity index (χ1n) is 7.19. The standard InChI is InChI=1S/C18H22BrN/c1-4-18(15-11-9-13(2)10-12-15)20-14(3)16-7-5-6-8-17(16)19/h5-12,14,18,20H,4H2,1-3H3/t14-,18?/m1/s1. The van der Waals surface area contributed by atoms with Gasteiger partial charge in [0.25, 0.3) is 0 Å². The highest BCUT2D eigenvalue weighted by atomic mass is 79.9. The van der Waals surface area contributed by atoms with Crippen LogP contribution in [0.25, 0.3) is 0 Å². The Hall–Kier alpha value is -1.12. The number of hydrogen-bond acceptors (Lipinski definition) is 1. The van der Waals surface area contributed by atoms with Crippen molar-refractivity contribution in [3.05, 3.63) is 69.7 Å². The molecule has 0 radical (unpaired) electrons. The predicted molar refractivity (Wildman–Crippen MR) is 89.9 cm³/mol. The van der Waals surface area contributed by atoms with E-state index in [0.29, 0.717) is 12.1 Å². The minimum Gasteiger partial charge on any atom is -0.303 e. The first kappa shape index (κ1) is 15.3. The molecule has 20 heavy (non-hydrogen) atoms. The number of aryl methyl sites for hydroxylation is 1. The first-order valence-corrected chi connectivity index (χ1v) is 7.98. The third-order valence-electron chi connectivity index (χ3n) is 3.71. The van der Waals surface area contributed by atoms with E-state index in [2.05, 4.69) is 90.5 Å². The van der Waals surface area contributed by atoms with Crippen LogP contribution in [0.15, 0.2) is 53.0 Å². The molecule has 0 aliphatic rings. The summed E-state index contributed by atoms with van der Waals surface area (Å²) in [6.45, 7) is 6.57. The zero-order valence-electron chi connectivity index (χ0n) is 12.4. The highest BCUT2D eigenvalue weighted by Gasteiger charge is 2.15. The van der Waals surface area contributed by atoms with E-state index in [1.54, 1.807) is 0 Å². The molecular formula is C18H22BrN. The number of halogens is 1. The molecule has 2 heteroatoms. The van der Waals surface area contributed by atoms with Crippen molar-refractivity contribution in [1.82, 2.24) is 5.32 Å². The van der Waals surface area contributed by atoms with Crippen molar-refractivity contribution in [2.24, 2.45) is 0 Å². The first-order chi connectivity index (χ1) is 9.61. The van der Waals surface area contributed by atoms with Crippen LogP contribution in [0, 0.1) is 6.92 Å². The van der Waals surface area contributed by atoms with Crippen LogP contribution in [-0.2, 0) is 0 Å². The van der Waals surface area contributed by atoms with Crippen LogP contribution in [0.1, 0.15) is 49.0 Å². The quantitative estimate of drug-likeness (QED) is 0.756. The second kappa shape index (κ2) is 7.05. The van der Waals surface area contributed by atoms with Gasteiger partial charge in [-0.15, -0.1) is 0 Å². The molecule has 106 valence electrons. The maximum Gasteiger partial charge on any atom is 0.0323 e. The maximum absolute atomic E-state index is 3.73. The Labute approximate surface area is 130 Å². The molecule has 2 rings (SSSR count). The van der Waals surface area contributed by atoms with Crippen LogP contribution in [0.3, 0.4) is 0 Å². The molecular weight excluding hydrogens is 310 g/mol. The van der Waals surface area contributed by atoms with Crippen molar-refractivity contribution in [3.63, 3.8) is 0 Å². The summed E-state index contributed by atoms with van der Waals surface area (Å²) in [6, 6.07) is 17.9. The summed E-state index contributed by atoms with van der Waals surface area (Å²) in [5.41, 5.74) is 3.97. The summed E-state index contributed by atoms with van der Waals surface area (Å²) < 4.78 is 1.17. The van der Waals surface area contributed by atoms with Gasteiger partial charge in [0.05, 0.1) is 0 Å². The fourth-order valence-corrected chi connectivity index (χ4v) is 3.09. The molecule has 0 spiro atoms. The van der Waals surface area contributed by atoms with E-state index < -0.39 is 0 Å². The van der Waals surface area contributed by atoms with Crippen molar-refractivity contribution >= 4 is 15.9 Å². The molecule has 0 heterocycles. The fourth-order valence-electron chi connectivity index (χ4n) is 2.47. The Morgan fingerprint density at radius 2 is 1.70 bits per heavy atom. The third-order valence-corrected chi connectivity index (χ3v) is 4.43. The van der Waals surface area contributed by atoms with Crippen LogP contribution in [0.2, 0.25) is 0 Å². The van der Waals surface area contributed by atoms with Crippen LogP contribution in [-0.4, -0.2) is 0 Å². The third kappa shape index (κ3) is 3.71. The van der Waals surface area contributed by atoms with Gasteiger partial charge in [0.15, 0.2) is 0 Å². The van der Waals surface area contributed by atoms with E-state index in [9.17, 15) is 0 Å². The Morgan fingerprint density at radius 1 is 1.05 bits per heavy atom. The van der Waals surface area contributed by atoms with Gasteiger partial charge in [-0.3, -0.25) is 0 Å². The van der Waals surface area contributed by atoms with Crippen LogP contribution in [0.5, 0.6) is 0 Å². The summed E-state index contributed by atoms with van der Waals surface area (Å²) in [6.07, 6.45) is 1.08. The van der Waals surface area contributed by atoms with Crippen molar-refractivity contribution in [2.75, 3.05) is 0 Å². The van der Waals surface area contributed by atoms with Gasteiger partial charge < -0.3 is 5.32 Å². The molecule has 0 aliphatic heterocycles. The molecule has 1 unspecified atom stereocenters. The summed E-state index contributed by atoms with van der Waals surface area (Å²) in [4.78, 5) is 0. The SMILES string of the molecule is CCC(N[C@H](C)c1ccccc1Br)c1ccc(C)cc1. The molecule has 0 amide bonds. The van der Waals surface area contributed by atoms with Gasteiger partial charge in [-0.1, -0.05) is 70.9 Å². The minimum atomic E-state index is 0.317. The Bertz CT molecular complexity index is 548. The molecule has 1 N–H and O–H groups in total. The molecule has 2 aromatic rings. The average Bonchev–Trinajstić information content (AvgIpc) is 2.46. The molecule has 0 fully saturated rings. The number of hydrogen-bond donors (Lipinski definition) is 1. The zero-order valence-corrected chi connectivity index (χ0v) is 13.9. The minimum absolute atomic E-state index is 0.317. The van der Waals surface area contributed by atoms with Crippen LogP contribution < -0.4 is 5.32 Å². The van der Waals surface area contributed by atoms with Crippen molar-refractivity contribution in [2.45, 2.75) is 39.3 Å². The summed E-state index contributed by atoms with van der Waals surface area (Å²) in [5.74, 6) is 0. The average molecular weight is 332 g/mol. The molecule has 2 atom stereocenters. The van der Waals surface area contributed by atoms with Crippen LogP contribution in [0.4, 0.5) is 0 Å². The Balaban J connectivity index is 2.14. The molecule has 0 aromatic heterocycles. The van der Waals surface area contributed by atoms with Gasteiger partial charge in [0.2, 0.25) is 0 Å². The fraction of sp³-hybridized carbons (Fsp3) is 0.333. The zero-order chi connectivity index (χ0) is 14.5. The molecule has 0 bridgehead atoms. The van der Waals surface area contributed by atoms with Gasteiger partial charge in [-0.2, -0.15) is 0 Å². The lowest BCUT2D eigenvalue weighted by Crippen LogP contribution is -2.24. The van der Waals surface area contributed by atoms with Gasteiger partial charge in [-0.05, 0) is 37.5 Å². The molecule has 1 nitrogen and oxygen atoms in total. The smallest absolute Gasteiger partial charge is 0.0323 e. The highest BCUT2D eigenvalue weighted by molar-refractivity contribution is 9.10. The monoisotopic (exact) mass is 331 g/mol. The van der Waals surface area contributed by atoms with Crippen molar-refractivity contribution in [3.8, 4) is 0 Å². The molecule has 0 saturated heterocycles. The lowest BCUT2D eigenvalue weighted by Gasteiger charge is -2.24. The maximum atomic E-state index is 3.73. The van der Waals surface area contributed by atoms with Crippen molar-refractivity contribution < 1.29 is 0 Å². The second-order valence-electron chi connectivity index (χ2n) is 5.28. The van der Waals surface area contributed by atoms with E-state index in [4.69, 9.17) is 0 Å². The van der Waals surface area contributed by atoms with Gasteiger partial charge in [0.1, 0.15) is 0 Å². The van der Waals surface area contributed by atoms with Gasteiger partial charge in [0, 0.05) is 16.6 Å². The van der Waals surface area contributed by atoms with E-state index in [1.807, 2.05) is 0 Å². The molecule has 0 aliphatic carbocycles. The summed E-state index contributed by atoms with van der Waals surface area (Å²) in [5, 5.41) is 3.73.